The van der Waals surface area contributed by atoms with E-state index < -0.39 is 32.9 Å². The lowest BCUT2D eigenvalue weighted by molar-refractivity contribution is -0.394. The smallest absolute Gasteiger partial charge is 0.318 e. The van der Waals surface area contributed by atoms with Crippen LogP contribution >= 0.6 is 0 Å². The Labute approximate surface area is 166 Å². The third-order valence-corrected chi connectivity index (χ3v) is 3.67. The van der Waals surface area contributed by atoms with E-state index in [0.29, 0.717) is 17.5 Å². The predicted molar refractivity (Wildman–Crippen MR) is 100 cm³/mol. The number of hydrazone groups is 1. The molecule has 0 unspecified atom stereocenters. The Morgan fingerprint density at radius 2 is 1.93 bits per heavy atom. The second-order valence-corrected chi connectivity index (χ2v) is 5.72. The number of tetrazole rings is 1. The van der Waals surface area contributed by atoms with Crippen LogP contribution in [-0.4, -0.2) is 47.3 Å². The predicted octanol–water partition coefficient (Wildman–Crippen LogP) is 1.01. The SMILES string of the molecule is O=C(Cn1nnc(-c2ccccc2)n1)NN=Cc1cc([N+](=O)[O-])cc([N+](=O)[O-])c1O. The number of phenolic OH excluding ortho intramolecular Hbond substituents is 1. The summed E-state index contributed by atoms with van der Waals surface area (Å²) in [4.78, 5) is 33.0. The van der Waals surface area contributed by atoms with Gasteiger partial charge in [-0.1, -0.05) is 30.3 Å². The van der Waals surface area contributed by atoms with Gasteiger partial charge in [-0.05, 0) is 5.21 Å². The van der Waals surface area contributed by atoms with Gasteiger partial charge in [-0.2, -0.15) is 9.90 Å². The molecule has 0 fully saturated rings. The Bertz CT molecular complexity index is 1140. The molecule has 3 rings (SSSR count). The van der Waals surface area contributed by atoms with Gasteiger partial charge >= 0.3 is 5.69 Å². The van der Waals surface area contributed by atoms with Crippen molar-refractivity contribution in [1.82, 2.24) is 25.6 Å². The van der Waals surface area contributed by atoms with Gasteiger partial charge in [0.15, 0.2) is 0 Å². The summed E-state index contributed by atoms with van der Waals surface area (Å²) in [6.45, 7) is -0.335. The van der Waals surface area contributed by atoms with Crippen molar-refractivity contribution in [3.05, 3.63) is 68.3 Å². The number of aromatic nitrogens is 4. The summed E-state index contributed by atoms with van der Waals surface area (Å²) < 4.78 is 0. The van der Waals surface area contributed by atoms with Crippen LogP contribution in [-0.2, 0) is 11.3 Å². The number of hydrogen-bond acceptors (Lipinski definition) is 10. The quantitative estimate of drug-likeness (QED) is 0.324. The van der Waals surface area contributed by atoms with Crippen LogP contribution in [0.1, 0.15) is 5.56 Å². The lowest BCUT2D eigenvalue weighted by Gasteiger charge is -2.01. The molecule has 0 bridgehead atoms. The second kappa shape index (κ2) is 8.51. The van der Waals surface area contributed by atoms with Gasteiger partial charge in [0.1, 0.15) is 6.54 Å². The van der Waals surface area contributed by atoms with Crippen molar-refractivity contribution in [2.24, 2.45) is 5.10 Å². The van der Waals surface area contributed by atoms with Crippen LogP contribution < -0.4 is 5.43 Å². The largest absolute Gasteiger partial charge is 0.502 e. The average molecular weight is 412 g/mol. The third kappa shape index (κ3) is 4.56. The molecular formula is C16H12N8O6. The van der Waals surface area contributed by atoms with Gasteiger partial charge in [-0.3, -0.25) is 25.0 Å². The number of benzene rings is 2. The van der Waals surface area contributed by atoms with Crippen LogP contribution in [0.5, 0.6) is 5.75 Å². The molecule has 0 aliphatic rings. The van der Waals surface area contributed by atoms with E-state index in [-0.39, 0.29) is 12.1 Å². The molecule has 1 amide bonds. The number of non-ortho nitro benzene ring substituents is 1. The number of nitro benzene ring substituents is 2. The fraction of sp³-hybridized carbons (Fsp3) is 0.0625. The highest BCUT2D eigenvalue weighted by Gasteiger charge is 2.23. The maximum Gasteiger partial charge on any atom is 0.318 e. The van der Waals surface area contributed by atoms with E-state index in [0.717, 1.165) is 17.1 Å². The standard InChI is InChI=1S/C16H12N8O6/c25-14(9-22-20-16(19-21-22)10-4-2-1-3-5-10)18-17-8-11-6-12(23(27)28)7-13(15(11)26)24(29)30/h1-8,26H,9H2,(H,18,25). The van der Waals surface area contributed by atoms with Crippen LogP contribution in [0.2, 0.25) is 0 Å². The second-order valence-electron chi connectivity index (χ2n) is 5.72. The molecule has 14 heteroatoms. The van der Waals surface area contributed by atoms with E-state index in [1.807, 2.05) is 6.07 Å². The molecular weight excluding hydrogens is 400 g/mol. The maximum absolute atomic E-state index is 12.0. The van der Waals surface area contributed by atoms with Crippen molar-refractivity contribution < 1.29 is 19.7 Å². The molecule has 0 saturated carbocycles. The molecule has 0 spiro atoms. The highest BCUT2D eigenvalue weighted by Crippen LogP contribution is 2.33. The van der Waals surface area contributed by atoms with Crippen molar-refractivity contribution in [3.8, 4) is 17.1 Å². The Kier molecular flexibility index (Phi) is 5.67. The molecule has 1 aromatic heterocycles. The number of aromatic hydroxyl groups is 1. The van der Waals surface area contributed by atoms with E-state index in [2.05, 4.69) is 25.9 Å². The lowest BCUT2D eigenvalue weighted by Crippen LogP contribution is -2.24. The minimum Gasteiger partial charge on any atom is -0.502 e. The van der Waals surface area contributed by atoms with Crippen LogP contribution in [0.3, 0.4) is 0 Å². The van der Waals surface area contributed by atoms with Gasteiger partial charge in [0.05, 0.1) is 27.7 Å². The first kappa shape index (κ1) is 20.0. The van der Waals surface area contributed by atoms with Gasteiger partial charge in [-0.25, -0.2) is 5.43 Å². The molecule has 0 aliphatic carbocycles. The molecule has 2 aromatic carbocycles. The van der Waals surface area contributed by atoms with E-state index in [4.69, 9.17) is 0 Å². The monoisotopic (exact) mass is 412 g/mol. The number of hydrogen-bond donors (Lipinski definition) is 2. The van der Waals surface area contributed by atoms with Crippen LogP contribution in [0.25, 0.3) is 11.4 Å². The zero-order chi connectivity index (χ0) is 21.7. The van der Waals surface area contributed by atoms with E-state index in [1.165, 1.54) is 0 Å². The molecule has 0 radical (unpaired) electrons. The van der Waals surface area contributed by atoms with Crippen LogP contribution in [0, 0.1) is 20.2 Å². The number of phenols is 1. The number of rotatable bonds is 7. The highest BCUT2D eigenvalue weighted by molar-refractivity contribution is 5.88. The van der Waals surface area contributed by atoms with E-state index in [9.17, 15) is 30.1 Å². The zero-order valence-corrected chi connectivity index (χ0v) is 14.9. The van der Waals surface area contributed by atoms with Crippen molar-refractivity contribution in [2.45, 2.75) is 6.54 Å². The Morgan fingerprint density at radius 3 is 2.60 bits per heavy atom. The fourth-order valence-electron chi connectivity index (χ4n) is 2.32. The van der Waals surface area contributed by atoms with Crippen molar-refractivity contribution >= 4 is 23.5 Å². The number of nitrogens with one attached hydrogen (secondary N) is 1. The van der Waals surface area contributed by atoms with Gasteiger partial charge in [0.2, 0.25) is 11.6 Å². The number of carbonyl (C=O) groups is 1. The Hall–Kier alpha value is -4.75. The maximum atomic E-state index is 12.0. The number of carbonyl (C=O) groups excluding carboxylic acids is 1. The first-order chi connectivity index (χ1) is 14.3. The zero-order valence-electron chi connectivity index (χ0n) is 14.9. The van der Waals surface area contributed by atoms with Gasteiger partial charge in [-0.15, -0.1) is 10.2 Å². The first-order valence-electron chi connectivity index (χ1n) is 8.16. The molecule has 14 nitrogen and oxygen atoms in total. The molecule has 30 heavy (non-hydrogen) atoms. The number of nitro groups is 2. The van der Waals surface area contributed by atoms with Crippen molar-refractivity contribution in [2.75, 3.05) is 0 Å². The molecule has 152 valence electrons. The van der Waals surface area contributed by atoms with Crippen LogP contribution in [0.4, 0.5) is 11.4 Å². The molecule has 3 aromatic rings. The van der Waals surface area contributed by atoms with E-state index in [1.54, 1.807) is 24.3 Å². The average Bonchev–Trinajstić information content (AvgIpc) is 3.18. The van der Waals surface area contributed by atoms with Gasteiger partial charge < -0.3 is 5.11 Å². The molecule has 0 atom stereocenters. The summed E-state index contributed by atoms with van der Waals surface area (Å²) in [5, 5.41) is 46.9. The van der Waals surface area contributed by atoms with E-state index >= 15 is 0 Å². The third-order valence-electron chi connectivity index (χ3n) is 3.67. The summed E-state index contributed by atoms with van der Waals surface area (Å²) >= 11 is 0. The van der Waals surface area contributed by atoms with Crippen LogP contribution in [0.15, 0.2) is 47.6 Å². The highest BCUT2D eigenvalue weighted by atomic mass is 16.6. The van der Waals surface area contributed by atoms with Gasteiger partial charge in [0.25, 0.3) is 11.6 Å². The number of amides is 1. The summed E-state index contributed by atoms with van der Waals surface area (Å²) in [5.41, 5.74) is 1.02. The Morgan fingerprint density at radius 1 is 1.20 bits per heavy atom. The summed E-state index contributed by atoms with van der Waals surface area (Å²) in [5.74, 6) is -1.17. The molecule has 2 N–H and O–H groups in total. The fourth-order valence-corrected chi connectivity index (χ4v) is 2.32. The molecule has 0 saturated heterocycles. The Balaban J connectivity index is 1.68. The minimum atomic E-state index is -0.973. The first-order valence-corrected chi connectivity index (χ1v) is 8.16. The van der Waals surface area contributed by atoms with Gasteiger partial charge in [0, 0.05) is 11.6 Å². The molecule has 0 aliphatic heterocycles. The minimum absolute atomic E-state index is 0.318. The summed E-state index contributed by atoms with van der Waals surface area (Å²) in [7, 11) is 0. The summed E-state index contributed by atoms with van der Waals surface area (Å²) in [6, 6.07) is 10.5. The number of nitrogens with zero attached hydrogens (tertiary/aromatic N) is 7. The molecule has 1 heterocycles. The van der Waals surface area contributed by atoms with Crippen molar-refractivity contribution in [3.63, 3.8) is 0 Å². The van der Waals surface area contributed by atoms with Crippen molar-refractivity contribution in [1.29, 1.82) is 0 Å². The normalized spacial score (nSPS) is 10.8. The summed E-state index contributed by atoms with van der Waals surface area (Å²) in [6.07, 6.45) is 0.845. The lowest BCUT2D eigenvalue weighted by atomic mass is 10.1. The topological polar surface area (TPSA) is 192 Å².